The summed E-state index contributed by atoms with van der Waals surface area (Å²) < 4.78 is 18.9. The lowest BCUT2D eigenvalue weighted by atomic mass is 10.2. The average Bonchev–Trinajstić information content (AvgIpc) is 2.89. The number of amides is 1. The topological polar surface area (TPSA) is 90.0 Å². The number of anilines is 1. The van der Waals surface area contributed by atoms with Gasteiger partial charge in [-0.1, -0.05) is 5.16 Å². The third kappa shape index (κ3) is 2.83. The first-order chi connectivity index (χ1) is 11.0. The molecule has 0 fully saturated rings. The first kappa shape index (κ1) is 14.9. The van der Waals surface area contributed by atoms with Crippen LogP contribution in [-0.2, 0) is 11.3 Å². The zero-order chi connectivity index (χ0) is 16.6. The molecule has 2 heterocycles. The number of nitrogens with zero attached hydrogens (tertiary/aromatic N) is 3. The Balaban J connectivity index is 1.86. The molecule has 1 aromatic carbocycles. The van der Waals surface area contributed by atoms with Crippen LogP contribution in [0.2, 0.25) is 0 Å². The number of aryl methyl sites for hydroxylation is 2. The SMILES string of the molecule is Cc1nn(CC(=O)Nc2ccc(F)cc2)c(=O)c2noc(C)c12. The number of benzene rings is 1. The zero-order valence-corrected chi connectivity index (χ0v) is 12.5. The van der Waals surface area contributed by atoms with Crippen molar-refractivity contribution in [3.63, 3.8) is 0 Å². The molecule has 3 aromatic rings. The van der Waals surface area contributed by atoms with Gasteiger partial charge in [0.05, 0.1) is 11.1 Å². The number of rotatable bonds is 3. The molecule has 7 nitrogen and oxygen atoms in total. The van der Waals surface area contributed by atoms with E-state index in [1.54, 1.807) is 13.8 Å². The predicted octanol–water partition coefficient (Wildman–Crippen LogP) is 1.78. The maximum absolute atomic E-state index is 12.8. The Labute approximate surface area is 129 Å². The molecule has 0 spiro atoms. The lowest BCUT2D eigenvalue weighted by molar-refractivity contribution is -0.117. The second kappa shape index (κ2) is 5.64. The van der Waals surface area contributed by atoms with E-state index in [0.717, 1.165) is 4.68 Å². The van der Waals surface area contributed by atoms with Gasteiger partial charge in [-0.2, -0.15) is 5.10 Å². The Bertz CT molecular complexity index is 944. The summed E-state index contributed by atoms with van der Waals surface area (Å²) in [6, 6.07) is 5.32. The maximum atomic E-state index is 12.8. The summed E-state index contributed by atoms with van der Waals surface area (Å²) in [6.45, 7) is 3.12. The molecule has 1 N–H and O–H groups in total. The Hall–Kier alpha value is -3.03. The molecule has 0 aliphatic carbocycles. The van der Waals surface area contributed by atoms with E-state index >= 15 is 0 Å². The third-order valence-corrected chi connectivity index (χ3v) is 3.35. The maximum Gasteiger partial charge on any atom is 0.297 e. The number of nitrogens with one attached hydrogen (secondary N) is 1. The highest BCUT2D eigenvalue weighted by molar-refractivity contribution is 5.90. The lowest BCUT2D eigenvalue weighted by Crippen LogP contribution is -2.30. The van der Waals surface area contributed by atoms with Gasteiger partial charge in [0.25, 0.3) is 5.56 Å². The molecule has 0 bridgehead atoms. The van der Waals surface area contributed by atoms with Crippen LogP contribution in [0.4, 0.5) is 10.1 Å². The molecule has 0 atom stereocenters. The predicted molar refractivity (Wildman–Crippen MR) is 80.6 cm³/mol. The summed E-state index contributed by atoms with van der Waals surface area (Å²) in [6.07, 6.45) is 0. The summed E-state index contributed by atoms with van der Waals surface area (Å²) in [4.78, 5) is 24.3. The normalized spacial score (nSPS) is 10.9. The fourth-order valence-corrected chi connectivity index (χ4v) is 2.32. The first-order valence-corrected chi connectivity index (χ1v) is 6.85. The number of carbonyl (C=O) groups excluding carboxylic acids is 1. The van der Waals surface area contributed by atoms with Crippen molar-refractivity contribution in [2.45, 2.75) is 20.4 Å². The Morgan fingerprint density at radius 1 is 1.30 bits per heavy atom. The van der Waals surface area contributed by atoms with Crippen molar-refractivity contribution in [1.82, 2.24) is 14.9 Å². The van der Waals surface area contributed by atoms with Crippen LogP contribution in [0.5, 0.6) is 0 Å². The highest BCUT2D eigenvalue weighted by Crippen LogP contribution is 2.16. The first-order valence-electron chi connectivity index (χ1n) is 6.85. The third-order valence-electron chi connectivity index (χ3n) is 3.35. The summed E-state index contributed by atoms with van der Waals surface area (Å²) in [7, 11) is 0. The minimum atomic E-state index is -0.503. The van der Waals surface area contributed by atoms with Gasteiger partial charge in [0.1, 0.15) is 18.1 Å². The van der Waals surface area contributed by atoms with E-state index < -0.39 is 17.3 Å². The molecule has 0 saturated carbocycles. The molecule has 3 rings (SSSR count). The van der Waals surface area contributed by atoms with Crippen molar-refractivity contribution in [3.8, 4) is 0 Å². The van der Waals surface area contributed by atoms with Gasteiger partial charge < -0.3 is 9.84 Å². The van der Waals surface area contributed by atoms with E-state index in [2.05, 4.69) is 15.6 Å². The standard InChI is InChI=1S/C15H13FN4O3/c1-8-13-9(2)23-19-14(13)15(22)20(18-8)7-12(21)17-11-5-3-10(16)4-6-11/h3-6H,7H2,1-2H3,(H,17,21). The summed E-state index contributed by atoms with van der Waals surface area (Å²) in [5.74, 6) is -0.349. The summed E-state index contributed by atoms with van der Waals surface area (Å²) >= 11 is 0. The van der Waals surface area contributed by atoms with Gasteiger partial charge in [-0.3, -0.25) is 9.59 Å². The quantitative estimate of drug-likeness (QED) is 0.795. The van der Waals surface area contributed by atoms with Crippen LogP contribution in [0, 0.1) is 19.7 Å². The van der Waals surface area contributed by atoms with Crippen LogP contribution in [0.3, 0.4) is 0 Å². The van der Waals surface area contributed by atoms with Crippen molar-refractivity contribution in [1.29, 1.82) is 0 Å². The van der Waals surface area contributed by atoms with Gasteiger partial charge in [-0.15, -0.1) is 0 Å². The van der Waals surface area contributed by atoms with Crippen molar-refractivity contribution in [2.24, 2.45) is 0 Å². The number of carbonyl (C=O) groups is 1. The Kier molecular flexibility index (Phi) is 3.65. The molecule has 0 radical (unpaired) electrons. The molecule has 8 heteroatoms. The average molecular weight is 316 g/mol. The van der Waals surface area contributed by atoms with Gasteiger partial charge in [0.2, 0.25) is 5.91 Å². The smallest absolute Gasteiger partial charge is 0.297 e. The molecule has 2 aromatic heterocycles. The minimum absolute atomic E-state index is 0.143. The van der Waals surface area contributed by atoms with Crippen LogP contribution in [0.1, 0.15) is 11.5 Å². The van der Waals surface area contributed by atoms with Gasteiger partial charge >= 0.3 is 0 Å². The fraction of sp³-hybridized carbons (Fsp3) is 0.200. The number of hydrogen-bond acceptors (Lipinski definition) is 5. The second-order valence-corrected chi connectivity index (χ2v) is 5.07. The molecule has 0 unspecified atom stereocenters. The van der Waals surface area contributed by atoms with E-state index in [1.807, 2.05) is 0 Å². The van der Waals surface area contributed by atoms with E-state index in [0.29, 0.717) is 22.5 Å². The Morgan fingerprint density at radius 2 is 2.00 bits per heavy atom. The van der Waals surface area contributed by atoms with Gasteiger partial charge in [0, 0.05) is 5.69 Å². The van der Waals surface area contributed by atoms with Crippen molar-refractivity contribution in [3.05, 3.63) is 51.9 Å². The highest BCUT2D eigenvalue weighted by atomic mass is 19.1. The number of hydrogen-bond donors (Lipinski definition) is 1. The van der Waals surface area contributed by atoms with E-state index in [9.17, 15) is 14.0 Å². The van der Waals surface area contributed by atoms with Gasteiger partial charge in [-0.25, -0.2) is 9.07 Å². The summed E-state index contributed by atoms with van der Waals surface area (Å²) in [5.41, 5.74) is 0.619. The molecule has 0 saturated heterocycles. The summed E-state index contributed by atoms with van der Waals surface area (Å²) in [5, 5.41) is 11.0. The van der Waals surface area contributed by atoms with Crippen molar-refractivity contribution >= 4 is 22.5 Å². The molecule has 1 amide bonds. The number of fused-ring (bicyclic) bond motifs is 1. The minimum Gasteiger partial charge on any atom is -0.360 e. The molecule has 23 heavy (non-hydrogen) atoms. The fourth-order valence-electron chi connectivity index (χ4n) is 2.32. The van der Waals surface area contributed by atoms with E-state index in [1.165, 1.54) is 24.3 Å². The van der Waals surface area contributed by atoms with E-state index in [-0.39, 0.29) is 12.1 Å². The number of aromatic nitrogens is 3. The van der Waals surface area contributed by atoms with Crippen LogP contribution in [0.15, 0.2) is 33.6 Å². The largest absolute Gasteiger partial charge is 0.360 e. The lowest BCUT2D eigenvalue weighted by Gasteiger charge is -2.07. The van der Waals surface area contributed by atoms with Gasteiger partial charge in [-0.05, 0) is 38.1 Å². The number of halogens is 1. The molecular weight excluding hydrogens is 303 g/mol. The van der Waals surface area contributed by atoms with Crippen LogP contribution >= 0.6 is 0 Å². The van der Waals surface area contributed by atoms with Gasteiger partial charge in [0.15, 0.2) is 5.52 Å². The highest BCUT2D eigenvalue weighted by Gasteiger charge is 2.16. The zero-order valence-electron chi connectivity index (χ0n) is 12.5. The van der Waals surface area contributed by atoms with E-state index in [4.69, 9.17) is 4.52 Å². The van der Waals surface area contributed by atoms with Crippen molar-refractivity contribution in [2.75, 3.05) is 5.32 Å². The van der Waals surface area contributed by atoms with Crippen LogP contribution < -0.4 is 10.9 Å². The van der Waals surface area contributed by atoms with Crippen LogP contribution in [-0.4, -0.2) is 20.8 Å². The molecule has 0 aliphatic heterocycles. The monoisotopic (exact) mass is 316 g/mol. The van der Waals surface area contributed by atoms with Crippen molar-refractivity contribution < 1.29 is 13.7 Å². The Morgan fingerprint density at radius 3 is 2.70 bits per heavy atom. The van der Waals surface area contributed by atoms with Crippen LogP contribution in [0.25, 0.3) is 10.9 Å². The molecular formula is C15H13FN4O3. The molecule has 0 aliphatic rings. The second-order valence-electron chi connectivity index (χ2n) is 5.07. The molecule has 118 valence electrons.